The average Bonchev–Trinajstić information content (AvgIpc) is 0.722. The summed E-state index contributed by atoms with van der Waals surface area (Å²) in [7, 11) is -4.64. The van der Waals surface area contributed by atoms with Gasteiger partial charge in [-0.15, -0.1) is 0 Å². The topological polar surface area (TPSA) is 77.8 Å². The van der Waals surface area contributed by atoms with Gasteiger partial charge in [0.2, 0.25) is 0 Å². The third-order valence-corrected chi connectivity index (χ3v) is 0. The van der Waals surface area contributed by atoms with E-state index in [1.165, 1.54) is 0 Å². The van der Waals surface area contributed by atoms with Crippen LogP contribution in [0.4, 0.5) is 4.70 Å². The Hall–Kier alpha value is 3.82. The molecule has 0 aliphatic rings. The molecule has 0 saturated carbocycles. The first-order chi connectivity index (χ1) is 2.00. The molecule has 0 unspecified atom stereocenters. The Morgan fingerprint density at radius 2 is 0.889 bits per heavy atom. The van der Waals surface area contributed by atoms with Crippen LogP contribution in [0.5, 0.6) is 0 Å². The van der Waals surface area contributed by atoms with E-state index in [1.54, 1.807) is 0 Å². The maximum absolute atomic E-state index is 8.88. The molecule has 9 heteroatoms. The van der Waals surface area contributed by atoms with E-state index in [0.29, 0.717) is 0 Å². The molecular formula is H10Ca3FO4P. The summed E-state index contributed by atoms with van der Waals surface area (Å²) in [6.07, 6.45) is 0. The fourth-order valence-corrected chi connectivity index (χ4v) is 0. The summed E-state index contributed by atoms with van der Waals surface area (Å²) >= 11 is 0. The monoisotopic (exact) mass is 244 g/mol. The zero-order chi connectivity index (χ0) is 4.50. The Bertz CT molecular complexity index is 61.9. The summed E-state index contributed by atoms with van der Waals surface area (Å²) in [4.78, 5) is 21.6. The van der Waals surface area contributed by atoms with Gasteiger partial charge in [0.25, 0.3) is 0 Å². The maximum atomic E-state index is 8.88. The van der Waals surface area contributed by atoms with E-state index >= 15 is 0 Å². The number of phosphoric acid groups is 1. The third kappa shape index (κ3) is 78.1. The Kier molecular flexibility index (Phi) is 46.7. The van der Waals surface area contributed by atoms with E-state index in [9.17, 15) is 0 Å². The van der Waals surface area contributed by atoms with Crippen molar-refractivity contribution in [2.75, 3.05) is 0 Å². The van der Waals surface area contributed by atoms with E-state index in [4.69, 9.17) is 19.2 Å². The summed E-state index contributed by atoms with van der Waals surface area (Å²) in [6.45, 7) is 0. The molecule has 0 aromatic carbocycles. The zero-order valence-corrected chi connectivity index (χ0v) is 3.50. The molecule has 0 atom stereocenters. The fraction of sp³-hybridized carbons (Fsp3) is 0. The molecule has 0 fully saturated rings. The zero-order valence-electron chi connectivity index (χ0n) is 2.61. The van der Waals surface area contributed by atoms with E-state index < -0.39 is 7.82 Å². The standard InChI is InChI=1S/3Ca.FH.H3O4P.6H/c;;;;1-5(2,3)4;;;;;;/h;;;1H;(H3,1,2,3,4);;;;;;. The number of rotatable bonds is 0. The van der Waals surface area contributed by atoms with Gasteiger partial charge in [-0.05, 0) is 0 Å². The van der Waals surface area contributed by atoms with Gasteiger partial charge in [0.1, 0.15) is 0 Å². The third-order valence-electron chi connectivity index (χ3n) is 0. The molecule has 0 bridgehead atoms. The van der Waals surface area contributed by atoms with Crippen molar-refractivity contribution in [1.82, 2.24) is 0 Å². The molecule has 3 N–H and O–H groups in total. The van der Waals surface area contributed by atoms with Gasteiger partial charge in [0, 0.05) is 0 Å². The fourth-order valence-electron chi connectivity index (χ4n) is 0. The van der Waals surface area contributed by atoms with Crippen molar-refractivity contribution in [2.24, 2.45) is 0 Å². The Morgan fingerprint density at radius 1 is 0.889 bits per heavy atom. The molecule has 0 aliphatic carbocycles. The van der Waals surface area contributed by atoms with Crippen molar-refractivity contribution in [3.8, 4) is 0 Å². The van der Waals surface area contributed by atoms with E-state index in [1.807, 2.05) is 0 Å². The molecule has 0 aromatic heterocycles. The van der Waals surface area contributed by atoms with E-state index in [2.05, 4.69) is 0 Å². The van der Waals surface area contributed by atoms with Gasteiger partial charge in [-0.25, -0.2) is 4.57 Å². The van der Waals surface area contributed by atoms with Crippen LogP contribution >= 0.6 is 7.82 Å². The first-order valence-electron chi connectivity index (χ1n) is 0.783. The normalized spacial score (nSPS) is 6.56. The quantitative estimate of drug-likeness (QED) is 0.305. The van der Waals surface area contributed by atoms with Gasteiger partial charge in [-0.2, -0.15) is 0 Å². The molecule has 0 spiro atoms. The number of halogens is 1. The SMILES string of the molecule is F.O=P(O)(O)O.[CaH2].[CaH2].[CaH2]. The van der Waals surface area contributed by atoms with Gasteiger partial charge in [-0.3, -0.25) is 4.70 Å². The second-order valence-corrected chi connectivity index (χ2v) is 1.54. The van der Waals surface area contributed by atoms with Crippen LogP contribution in [0.2, 0.25) is 0 Å². The minimum atomic E-state index is -4.64. The molecule has 0 heterocycles. The predicted octanol–water partition coefficient (Wildman–Crippen LogP) is -3.52. The molecule has 0 amide bonds. The van der Waals surface area contributed by atoms with Crippen molar-refractivity contribution in [2.45, 2.75) is 0 Å². The van der Waals surface area contributed by atoms with Gasteiger partial charge in [0.15, 0.2) is 0 Å². The van der Waals surface area contributed by atoms with Crippen molar-refractivity contribution in [3.63, 3.8) is 0 Å². The Morgan fingerprint density at radius 3 is 0.889 bits per heavy atom. The molecule has 0 aliphatic heterocycles. The van der Waals surface area contributed by atoms with E-state index in [0.717, 1.165) is 0 Å². The molecule has 0 rings (SSSR count). The first kappa shape index (κ1) is 29.3. The van der Waals surface area contributed by atoms with Crippen LogP contribution in [0, 0.1) is 0 Å². The van der Waals surface area contributed by atoms with E-state index in [-0.39, 0.29) is 118 Å². The molecule has 4 nitrogen and oxygen atoms in total. The summed E-state index contributed by atoms with van der Waals surface area (Å²) < 4.78 is 8.88. The summed E-state index contributed by atoms with van der Waals surface area (Å²) in [5.74, 6) is 0. The van der Waals surface area contributed by atoms with Gasteiger partial charge >= 0.3 is 121 Å². The number of hydrogen-bond donors (Lipinski definition) is 3. The molecule has 0 aromatic rings. The molecule has 0 saturated heterocycles. The average molecular weight is 244 g/mol. The van der Waals surface area contributed by atoms with Gasteiger partial charge in [0.05, 0.1) is 0 Å². The van der Waals surface area contributed by atoms with Crippen LogP contribution in [0.1, 0.15) is 0 Å². The predicted molar refractivity (Wildman–Crippen MR) is 42.4 cm³/mol. The molecular weight excluding hydrogens is 234 g/mol. The van der Waals surface area contributed by atoms with Gasteiger partial charge in [-0.1, -0.05) is 0 Å². The van der Waals surface area contributed by atoms with Crippen LogP contribution in [0.25, 0.3) is 0 Å². The molecule has 52 valence electrons. The second-order valence-electron chi connectivity index (χ2n) is 0.513. The van der Waals surface area contributed by atoms with Crippen molar-refractivity contribution < 1.29 is 23.9 Å². The van der Waals surface area contributed by atoms with Crippen molar-refractivity contribution in [1.29, 1.82) is 0 Å². The molecule has 0 radical (unpaired) electrons. The van der Waals surface area contributed by atoms with Crippen molar-refractivity contribution in [3.05, 3.63) is 0 Å². The van der Waals surface area contributed by atoms with Crippen LogP contribution in [0.3, 0.4) is 0 Å². The van der Waals surface area contributed by atoms with Crippen LogP contribution in [-0.4, -0.2) is 128 Å². The van der Waals surface area contributed by atoms with Crippen LogP contribution in [-0.2, 0) is 4.57 Å². The molecule has 9 heavy (non-hydrogen) atoms. The minimum absolute atomic E-state index is 0. The summed E-state index contributed by atoms with van der Waals surface area (Å²) in [5.41, 5.74) is 0. The summed E-state index contributed by atoms with van der Waals surface area (Å²) in [6, 6.07) is 0. The van der Waals surface area contributed by atoms with Crippen LogP contribution < -0.4 is 0 Å². The number of hydrogen-bond acceptors (Lipinski definition) is 1. The Labute approximate surface area is 141 Å². The second kappa shape index (κ2) is 14.3. The summed E-state index contributed by atoms with van der Waals surface area (Å²) in [5, 5.41) is 0. The first-order valence-corrected chi connectivity index (χ1v) is 2.35. The van der Waals surface area contributed by atoms with Crippen LogP contribution in [0.15, 0.2) is 0 Å². The van der Waals surface area contributed by atoms with Crippen molar-refractivity contribution >= 4 is 121 Å². The Balaban J connectivity index is -0.0000000133. The van der Waals surface area contributed by atoms with Gasteiger partial charge < -0.3 is 14.7 Å².